The quantitative estimate of drug-likeness (QED) is 0.916. The topological polar surface area (TPSA) is 75.9 Å². The van der Waals surface area contributed by atoms with E-state index >= 15 is 0 Å². The van der Waals surface area contributed by atoms with Crippen molar-refractivity contribution in [3.05, 3.63) is 23.3 Å². The molecule has 3 heterocycles. The highest BCUT2D eigenvalue weighted by Crippen LogP contribution is 2.24. The Morgan fingerprint density at radius 2 is 2.25 bits per heavy atom. The maximum Gasteiger partial charge on any atom is 0.269 e. The summed E-state index contributed by atoms with van der Waals surface area (Å²) in [6.45, 7) is 7.82. The minimum atomic E-state index is -0.0647. The van der Waals surface area contributed by atoms with E-state index in [1.54, 1.807) is 11.7 Å². The molecule has 2 aromatic rings. The predicted octanol–water partition coefficient (Wildman–Crippen LogP) is 2.10. The molecular formula is C16H24N6OS. The highest BCUT2D eigenvalue weighted by molar-refractivity contribution is 7.09. The number of amides is 1. The molecular weight excluding hydrogens is 324 g/mol. The van der Waals surface area contributed by atoms with Crippen molar-refractivity contribution in [3.8, 4) is 0 Å². The molecule has 1 saturated heterocycles. The molecule has 1 amide bonds. The number of nitrogens with one attached hydrogen (secondary N) is 1. The van der Waals surface area contributed by atoms with Crippen LogP contribution in [-0.4, -0.2) is 44.2 Å². The van der Waals surface area contributed by atoms with Crippen molar-refractivity contribution in [2.75, 3.05) is 18.0 Å². The van der Waals surface area contributed by atoms with Crippen molar-refractivity contribution in [2.24, 2.45) is 7.05 Å². The predicted molar refractivity (Wildman–Crippen MR) is 94.6 cm³/mol. The van der Waals surface area contributed by atoms with Crippen molar-refractivity contribution in [1.82, 2.24) is 24.5 Å². The van der Waals surface area contributed by atoms with Gasteiger partial charge in [0.15, 0.2) is 0 Å². The number of aromatic nitrogens is 4. The number of carbonyl (C=O) groups excluding carboxylic acids is 1. The Labute approximate surface area is 146 Å². The van der Waals surface area contributed by atoms with Crippen LogP contribution in [0, 0.1) is 6.92 Å². The van der Waals surface area contributed by atoms with E-state index in [1.807, 2.05) is 13.0 Å². The fourth-order valence-corrected chi connectivity index (χ4v) is 3.78. The zero-order valence-electron chi connectivity index (χ0n) is 14.6. The van der Waals surface area contributed by atoms with E-state index in [-0.39, 0.29) is 11.9 Å². The van der Waals surface area contributed by atoms with E-state index in [9.17, 15) is 4.79 Å². The number of carbonyl (C=O) groups is 1. The standard InChI is InChI=1S/C16H24N6OS/c1-10(2)14-18-16(24-20-14)22-7-5-6-12(9-22)17-15(23)13-8-11(3)19-21(13)4/h8,10,12H,5-7,9H2,1-4H3,(H,17,23). The van der Waals surface area contributed by atoms with Crippen molar-refractivity contribution in [3.63, 3.8) is 0 Å². The molecule has 2 aromatic heterocycles. The van der Waals surface area contributed by atoms with Gasteiger partial charge in [0.1, 0.15) is 11.5 Å². The molecule has 1 aliphatic rings. The van der Waals surface area contributed by atoms with Gasteiger partial charge in [0.05, 0.1) is 5.69 Å². The molecule has 0 spiro atoms. The second-order valence-corrected chi connectivity index (χ2v) is 7.37. The maximum atomic E-state index is 12.5. The fraction of sp³-hybridized carbons (Fsp3) is 0.625. The van der Waals surface area contributed by atoms with Crippen LogP contribution in [0.15, 0.2) is 6.07 Å². The summed E-state index contributed by atoms with van der Waals surface area (Å²) in [6, 6.07) is 1.93. The molecule has 1 unspecified atom stereocenters. The Morgan fingerprint density at radius 1 is 1.46 bits per heavy atom. The Kier molecular flexibility index (Phi) is 4.84. The minimum Gasteiger partial charge on any atom is -0.346 e. The number of piperidine rings is 1. The molecule has 0 saturated carbocycles. The summed E-state index contributed by atoms with van der Waals surface area (Å²) in [5.74, 6) is 1.17. The number of nitrogens with zero attached hydrogens (tertiary/aromatic N) is 5. The van der Waals surface area contributed by atoms with Gasteiger partial charge in [-0.15, -0.1) is 0 Å². The van der Waals surface area contributed by atoms with Gasteiger partial charge >= 0.3 is 0 Å². The van der Waals surface area contributed by atoms with E-state index in [4.69, 9.17) is 0 Å². The third-order valence-electron chi connectivity index (χ3n) is 4.21. The summed E-state index contributed by atoms with van der Waals surface area (Å²) in [6.07, 6.45) is 2.01. The summed E-state index contributed by atoms with van der Waals surface area (Å²) < 4.78 is 6.06. The first-order valence-corrected chi connectivity index (χ1v) is 9.11. The lowest BCUT2D eigenvalue weighted by Crippen LogP contribution is -2.48. The molecule has 7 nitrogen and oxygen atoms in total. The van der Waals surface area contributed by atoms with Gasteiger partial charge in [0.2, 0.25) is 5.13 Å². The van der Waals surface area contributed by atoms with Crippen LogP contribution in [0.2, 0.25) is 0 Å². The Morgan fingerprint density at radius 3 is 2.88 bits per heavy atom. The van der Waals surface area contributed by atoms with Crippen LogP contribution in [0.5, 0.6) is 0 Å². The molecule has 1 N–H and O–H groups in total. The number of hydrogen-bond donors (Lipinski definition) is 1. The van der Waals surface area contributed by atoms with Crippen molar-refractivity contribution < 1.29 is 4.79 Å². The first kappa shape index (κ1) is 16.9. The molecule has 0 radical (unpaired) electrons. The summed E-state index contributed by atoms with van der Waals surface area (Å²) in [5.41, 5.74) is 1.45. The lowest BCUT2D eigenvalue weighted by molar-refractivity contribution is 0.0923. The third-order valence-corrected chi connectivity index (χ3v) is 5.00. The van der Waals surface area contributed by atoms with E-state index < -0.39 is 0 Å². The van der Waals surface area contributed by atoms with Gasteiger partial charge in [0, 0.05) is 43.6 Å². The van der Waals surface area contributed by atoms with E-state index in [0.29, 0.717) is 11.6 Å². The Hall–Kier alpha value is -1.96. The molecule has 1 fully saturated rings. The van der Waals surface area contributed by atoms with E-state index in [1.165, 1.54) is 11.5 Å². The maximum absolute atomic E-state index is 12.5. The van der Waals surface area contributed by atoms with Crippen molar-refractivity contribution >= 4 is 22.6 Å². The van der Waals surface area contributed by atoms with E-state index in [0.717, 1.165) is 42.6 Å². The molecule has 0 aromatic carbocycles. The summed E-state index contributed by atoms with van der Waals surface area (Å²) in [5, 5.41) is 8.32. The van der Waals surface area contributed by atoms with Gasteiger partial charge in [0.25, 0.3) is 5.91 Å². The highest BCUT2D eigenvalue weighted by atomic mass is 32.1. The molecule has 0 aliphatic carbocycles. The molecule has 1 aliphatic heterocycles. The van der Waals surface area contributed by atoms with Crippen LogP contribution in [0.25, 0.3) is 0 Å². The zero-order chi connectivity index (χ0) is 17.3. The Balaban J connectivity index is 1.65. The van der Waals surface area contributed by atoms with Gasteiger partial charge < -0.3 is 10.2 Å². The van der Waals surface area contributed by atoms with Crippen LogP contribution in [0.3, 0.4) is 0 Å². The fourth-order valence-electron chi connectivity index (χ4n) is 2.94. The van der Waals surface area contributed by atoms with Gasteiger partial charge in [-0.1, -0.05) is 13.8 Å². The van der Waals surface area contributed by atoms with Gasteiger partial charge in [-0.2, -0.15) is 9.47 Å². The van der Waals surface area contributed by atoms with Crippen molar-refractivity contribution in [1.29, 1.82) is 0 Å². The largest absolute Gasteiger partial charge is 0.346 e. The number of rotatable bonds is 4. The molecule has 130 valence electrons. The first-order chi connectivity index (χ1) is 11.4. The van der Waals surface area contributed by atoms with Crippen LogP contribution in [-0.2, 0) is 7.05 Å². The third kappa shape index (κ3) is 3.58. The monoisotopic (exact) mass is 348 g/mol. The lowest BCUT2D eigenvalue weighted by atomic mass is 10.1. The smallest absolute Gasteiger partial charge is 0.269 e. The second kappa shape index (κ2) is 6.88. The average molecular weight is 348 g/mol. The SMILES string of the molecule is Cc1cc(C(=O)NC2CCCN(c3nc(C(C)C)ns3)C2)n(C)n1. The van der Waals surface area contributed by atoms with Crippen LogP contribution >= 0.6 is 11.5 Å². The zero-order valence-corrected chi connectivity index (χ0v) is 15.4. The van der Waals surface area contributed by atoms with Crippen LogP contribution in [0.4, 0.5) is 5.13 Å². The van der Waals surface area contributed by atoms with Crippen molar-refractivity contribution in [2.45, 2.75) is 45.6 Å². The van der Waals surface area contributed by atoms with Crippen LogP contribution in [0.1, 0.15) is 54.6 Å². The summed E-state index contributed by atoms with van der Waals surface area (Å²) in [7, 11) is 1.80. The number of anilines is 1. The lowest BCUT2D eigenvalue weighted by Gasteiger charge is -2.32. The summed E-state index contributed by atoms with van der Waals surface area (Å²) in [4.78, 5) is 19.3. The number of hydrogen-bond acceptors (Lipinski definition) is 6. The highest BCUT2D eigenvalue weighted by Gasteiger charge is 2.25. The first-order valence-electron chi connectivity index (χ1n) is 8.34. The van der Waals surface area contributed by atoms with Crippen LogP contribution < -0.4 is 10.2 Å². The molecule has 0 bridgehead atoms. The minimum absolute atomic E-state index is 0.0647. The van der Waals surface area contributed by atoms with Gasteiger partial charge in [-0.25, -0.2) is 4.98 Å². The molecule has 24 heavy (non-hydrogen) atoms. The molecule has 1 atom stereocenters. The van der Waals surface area contributed by atoms with Gasteiger partial charge in [-0.3, -0.25) is 9.48 Å². The Bertz CT molecular complexity index is 722. The number of aryl methyl sites for hydroxylation is 2. The molecule has 3 rings (SSSR count). The second-order valence-electron chi connectivity index (χ2n) is 6.64. The van der Waals surface area contributed by atoms with E-state index in [2.05, 4.69) is 38.5 Å². The normalized spacial score (nSPS) is 18.2. The van der Waals surface area contributed by atoms with Gasteiger partial charge in [-0.05, 0) is 25.8 Å². The summed E-state index contributed by atoms with van der Waals surface area (Å²) >= 11 is 1.45. The molecule has 8 heteroatoms. The average Bonchev–Trinajstić information content (AvgIpc) is 3.14.